The van der Waals surface area contributed by atoms with Gasteiger partial charge in [0, 0.05) is 6.07 Å². The first-order valence-electron chi connectivity index (χ1n) is 5.97. The molecule has 0 saturated heterocycles. The fourth-order valence-corrected chi connectivity index (χ4v) is 1.70. The van der Waals surface area contributed by atoms with Gasteiger partial charge in [-0.1, -0.05) is 6.07 Å². The van der Waals surface area contributed by atoms with E-state index in [2.05, 4.69) is 0 Å². The third-order valence-electron chi connectivity index (χ3n) is 2.73. The molecule has 0 aliphatic heterocycles. The van der Waals surface area contributed by atoms with E-state index in [0.717, 1.165) is 5.56 Å². The molecule has 0 atom stereocenters. The van der Waals surface area contributed by atoms with Crippen LogP contribution in [0.25, 0.3) is 0 Å². The summed E-state index contributed by atoms with van der Waals surface area (Å²) in [4.78, 5) is 21.7. The molecule has 1 aromatic carbocycles. The standard InChI is InChI=1S/C13H13N3O5/c1-8-2-3-11(16(18)19)12(4-8)21-7-10-5-9(6-20-10)13(17)15-14/h2-6H,7,14H2,1H3,(H,15,17). The largest absolute Gasteiger partial charge is 0.479 e. The fraction of sp³-hybridized carbons (Fsp3) is 0.154. The molecule has 8 heteroatoms. The number of hydrazine groups is 1. The maximum Gasteiger partial charge on any atom is 0.310 e. The maximum atomic E-state index is 11.3. The van der Waals surface area contributed by atoms with E-state index in [1.807, 2.05) is 5.43 Å². The summed E-state index contributed by atoms with van der Waals surface area (Å²) in [5.41, 5.74) is 2.92. The number of nitrogens with one attached hydrogen (secondary N) is 1. The highest BCUT2D eigenvalue weighted by Crippen LogP contribution is 2.28. The van der Waals surface area contributed by atoms with E-state index < -0.39 is 10.8 Å². The molecule has 0 fully saturated rings. The number of amides is 1. The van der Waals surface area contributed by atoms with Gasteiger partial charge in [-0.3, -0.25) is 20.3 Å². The molecule has 8 nitrogen and oxygen atoms in total. The van der Waals surface area contributed by atoms with E-state index >= 15 is 0 Å². The van der Waals surface area contributed by atoms with Crippen molar-refractivity contribution >= 4 is 11.6 Å². The average Bonchev–Trinajstić information content (AvgIpc) is 2.93. The van der Waals surface area contributed by atoms with Crippen LogP contribution in [-0.2, 0) is 6.61 Å². The van der Waals surface area contributed by atoms with Crippen molar-refractivity contribution in [1.29, 1.82) is 0 Å². The minimum absolute atomic E-state index is 0.0395. The summed E-state index contributed by atoms with van der Waals surface area (Å²) >= 11 is 0. The number of nitrogens with zero attached hydrogens (tertiary/aromatic N) is 1. The molecule has 2 rings (SSSR count). The summed E-state index contributed by atoms with van der Waals surface area (Å²) in [5, 5.41) is 10.9. The van der Waals surface area contributed by atoms with E-state index in [-0.39, 0.29) is 23.6 Å². The highest BCUT2D eigenvalue weighted by Gasteiger charge is 2.16. The number of aryl methyl sites for hydroxylation is 1. The number of ether oxygens (including phenoxy) is 1. The van der Waals surface area contributed by atoms with Crippen LogP contribution < -0.4 is 16.0 Å². The summed E-state index contributed by atoms with van der Waals surface area (Å²) in [6, 6.07) is 6.01. The summed E-state index contributed by atoms with van der Waals surface area (Å²) in [7, 11) is 0. The number of nitro groups is 1. The number of hydrogen-bond acceptors (Lipinski definition) is 6. The first-order chi connectivity index (χ1) is 10.0. The number of carbonyl (C=O) groups is 1. The van der Waals surface area contributed by atoms with Crippen LogP contribution >= 0.6 is 0 Å². The van der Waals surface area contributed by atoms with Gasteiger partial charge < -0.3 is 9.15 Å². The van der Waals surface area contributed by atoms with Gasteiger partial charge in [-0.05, 0) is 24.6 Å². The normalized spacial score (nSPS) is 10.2. The molecular weight excluding hydrogens is 278 g/mol. The summed E-state index contributed by atoms with van der Waals surface area (Å²) in [6.45, 7) is 1.76. The van der Waals surface area contributed by atoms with Gasteiger partial charge in [0.1, 0.15) is 18.6 Å². The highest BCUT2D eigenvalue weighted by molar-refractivity contribution is 5.93. The number of nitrogen functional groups attached to an aromatic ring is 1. The quantitative estimate of drug-likeness (QED) is 0.374. The second-order valence-electron chi connectivity index (χ2n) is 4.29. The summed E-state index contributed by atoms with van der Waals surface area (Å²) < 4.78 is 10.5. The van der Waals surface area contributed by atoms with Crippen molar-refractivity contribution in [2.45, 2.75) is 13.5 Å². The number of furan rings is 1. The van der Waals surface area contributed by atoms with Gasteiger partial charge in [-0.2, -0.15) is 0 Å². The Labute approximate surface area is 119 Å². The average molecular weight is 291 g/mol. The molecule has 0 aliphatic carbocycles. The summed E-state index contributed by atoms with van der Waals surface area (Å²) in [5.74, 6) is 5.00. The molecule has 0 saturated carbocycles. The van der Waals surface area contributed by atoms with Gasteiger partial charge >= 0.3 is 5.69 Å². The van der Waals surface area contributed by atoms with Crippen LogP contribution in [0.5, 0.6) is 5.75 Å². The smallest absolute Gasteiger partial charge is 0.310 e. The van der Waals surface area contributed by atoms with E-state index in [1.54, 1.807) is 19.1 Å². The first kappa shape index (κ1) is 14.5. The second kappa shape index (κ2) is 6.06. The Hall–Kier alpha value is -2.87. The second-order valence-corrected chi connectivity index (χ2v) is 4.29. The maximum absolute atomic E-state index is 11.3. The predicted octanol–water partition coefficient (Wildman–Crippen LogP) is 1.68. The van der Waals surface area contributed by atoms with Gasteiger partial charge in [-0.25, -0.2) is 5.84 Å². The molecule has 21 heavy (non-hydrogen) atoms. The molecule has 0 radical (unpaired) electrons. The van der Waals surface area contributed by atoms with Gasteiger partial charge in [0.05, 0.1) is 10.5 Å². The molecule has 110 valence electrons. The van der Waals surface area contributed by atoms with Crippen LogP contribution in [0.2, 0.25) is 0 Å². The molecule has 0 unspecified atom stereocenters. The van der Waals surface area contributed by atoms with E-state index in [1.165, 1.54) is 18.4 Å². The first-order valence-corrected chi connectivity index (χ1v) is 5.97. The Morgan fingerprint density at radius 3 is 2.90 bits per heavy atom. The van der Waals surface area contributed by atoms with Crippen LogP contribution in [0.4, 0.5) is 5.69 Å². The lowest BCUT2D eigenvalue weighted by molar-refractivity contribution is -0.386. The molecule has 1 heterocycles. The monoisotopic (exact) mass is 291 g/mol. The molecular formula is C13H13N3O5. The summed E-state index contributed by atoms with van der Waals surface area (Å²) in [6.07, 6.45) is 1.23. The molecule has 1 amide bonds. The van der Waals surface area contributed by atoms with E-state index in [0.29, 0.717) is 5.76 Å². The molecule has 1 aromatic heterocycles. The number of hydrogen-bond donors (Lipinski definition) is 2. The Morgan fingerprint density at radius 1 is 1.48 bits per heavy atom. The lowest BCUT2D eigenvalue weighted by Crippen LogP contribution is -2.29. The van der Waals surface area contributed by atoms with Crippen molar-refractivity contribution in [3.05, 3.63) is 57.5 Å². The van der Waals surface area contributed by atoms with Crippen LogP contribution in [0.15, 0.2) is 34.9 Å². The van der Waals surface area contributed by atoms with Gasteiger partial charge in [0.15, 0.2) is 5.75 Å². The predicted molar refractivity (Wildman–Crippen MR) is 72.5 cm³/mol. The number of nitro benzene ring substituents is 1. The van der Waals surface area contributed by atoms with Gasteiger partial charge in [-0.15, -0.1) is 0 Å². The zero-order valence-corrected chi connectivity index (χ0v) is 11.2. The van der Waals surface area contributed by atoms with Crippen molar-refractivity contribution in [1.82, 2.24) is 5.43 Å². The van der Waals surface area contributed by atoms with Crippen molar-refractivity contribution in [3.8, 4) is 5.75 Å². The Bertz CT molecular complexity index is 680. The van der Waals surface area contributed by atoms with Crippen LogP contribution in [0, 0.1) is 17.0 Å². The topological polar surface area (TPSA) is 121 Å². The van der Waals surface area contributed by atoms with Crippen LogP contribution in [0.1, 0.15) is 21.7 Å². The van der Waals surface area contributed by atoms with Gasteiger partial charge in [0.25, 0.3) is 5.91 Å². The lowest BCUT2D eigenvalue weighted by Gasteiger charge is -2.05. The van der Waals surface area contributed by atoms with Crippen molar-refractivity contribution in [2.75, 3.05) is 0 Å². The zero-order chi connectivity index (χ0) is 15.4. The highest BCUT2D eigenvalue weighted by atomic mass is 16.6. The lowest BCUT2D eigenvalue weighted by atomic mass is 10.2. The molecule has 0 bridgehead atoms. The van der Waals surface area contributed by atoms with Crippen molar-refractivity contribution < 1.29 is 18.9 Å². The van der Waals surface area contributed by atoms with Crippen LogP contribution in [0.3, 0.4) is 0 Å². The van der Waals surface area contributed by atoms with Crippen molar-refractivity contribution in [3.63, 3.8) is 0 Å². The van der Waals surface area contributed by atoms with Crippen LogP contribution in [-0.4, -0.2) is 10.8 Å². The Morgan fingerprint density at radius 2 is 2.24 bits per heavy atom. The van der Waals surface area contributed by atoms with Crippen molar-refractivity contribution in [2.24, 2.45) is 5.84 Å². The third-order valence-corrected chi connectivity index (χ3v) is 2.73. The van der Waals surface area contributed by atoms with E-state index in [4.69, 9.17) is 15.0 Å². The Balaban J connectivity index is 2.13. The minimum atomic E-state index is -0.524. The fourth-order valence-electron chi connectivity index (χ4n) is 1.70. The molecule has 3 N–H and O–H groups in total. The number of benzene rings is 1. The van der Waals surface area contributed by atoms with E-state index in [9.17, 15) is 14.9 Å². The number of rotatable bonds is 5. The molecule has 0 aliphatic rings. The zero-order valence-electron chi connectivity index (χ0n) is 11.2. The SMILES string of the molecule is Cc1ccc([N+](=O)[O-])c(OCc2cc(C(=O)NN)co2)c1. The number of carbonyl (C=O) groups excluding carboxylic acids is 1. The Kier molecular flexibility index (Phi) is 4.19. The third kappa shape index (κ3) is 3.37. The number of nitrogens with two attached hydrogens (primary N) is 1. The minimum Gasteiger partial charge on any atom is -0.479 e. The molecule has 2 aromatic rings. The molecule has 0 spiro atoms. The van der Waals surface area contributed by atoms with Gasteiger partial charge in [0.2, 0.25) is 0 Å².